The first-order chi connectivity index (χ1) is 12.6. The zero-order chi connectivity index (χ0) is 18.1. The summed E-state index contributed by atoms with van der Waals surface area (Å²) in [5.41, 5.74) is 3.81. The summed E-state index contributed by atoms with van der Waals surface area (Å²) in [4.78, 5) is 20.3. The van der Waals surface area contributed by atoms with Crippen LogP contribution in [-0.4, -0.2) is 14.9 Å². The maximum Gasteiger partial charge on any atom is 0.270 e. The molecule has 0 spiro atoms. The number of anilines is 2. The van der Waals surface area contributed by atoms with E-state index in [1.54, 1.807) is 12.1 Å². The Labute approximate surface area is 165 Å². The smallest absolute Gasteiger partial charge is 0.270 e. The minimum Gasteiger partial charge on any atom is -0.340 e. The van der Waals surface area contributed by atoms with Crippen LogP contribution in [0.4, 0.5) is 17.2 Å². The van der Waals surface area contributed by atoms with Gasteiger partial charge in [0.05, 0.1) is 10.3 Å². The van der Waals surface area contributed by atoms with Crippen LogP contribution in [0, 0.1) is 17.0 Å². The van der Waals surface area contributed by atoms with E-state index < -0.39 is 0 Å². The second kappa shape index (κ2) is 7.69. The minimum absolute atomic E-state index is 0. The number of nitrogens with one attached hydrogen (secondary N) is 1. The van der Waals surface area contributed by atoms with E-state index in [1.807, 2.05) is 42.6 Å². The molecule has 0 aliphatic heterocycles. The summed E-state index contributed by atoms with van der Waals surface area (Å²) >= 11 is 1.49. The first-order valence-corrected chi connectivity index (χ1v) is 8.80. The fourth-order valence-corrected chi connectivity index (χ4v) is 3.66. The molecular formula is C19H15ClN4O2S. The highest BCUT2D eigenvalue weighted by Gasteiger charge is 2.15. The lowest BCUT2D eigenvalue weighted by Crippen LogP contribution is -1.95. The minimum atomic E-state index is -0.389. The van der Waals surface area contributed by atoms with Crippen LogP contribution in [-0.2, 0) is 0 Å². The predicted molar refractivity (Wildman–Crippen MR) is 111 cm³/mol. The number of fused-ring (bicyclic) bond motifs is 1. The number of nitro benzene ring substituents is 1. The van der Waals surface area contributed by atoms with Gasteiger partial charge in [0.15, 0.2) is 0 Å². The topological polar surface area (TPSA) is 81.0 Å². The standard InChI is InChI=1S/C19H14N4O2S.ClH/c1-12-5-7-14(8-6-12)22-18-17-16(10-26-19(17)21-11-20-18)13-3-2-4-15(9-13)23(24)25;/h2-11H,1H3,(H,20,21,22);1H. The van der Waals surface area contributed by atoms with Crippen molar-refractivity contribution in [3.8, 4) is 11.1 Å². The largest absolute Gasteiger partial charge is 0.340 e. The van der Waals surface area contributed by atoms with E-state index >= 15 is 0 Å². The lowest BCUT2D eigenvalue weighted by atomic mass is 10.1. The van der Waals surface area contributed by atoms with E-state index in [2.05, 4.69) is 15.3 Å². The fourth-order valence-electron chi connectivity index (χ4n) is 2.74. The number of thiophene rings is 1. The van der Waals surface area contributed by atoms with Crippen LogP contribution >= 0.6 is 23.7 Å². The second-order valence-corrected chi connectivity index (χ2v) is 6.71. The number of rotatable bonds is 4. The third-order valence-corrected chi connectivity index (χ3v) is 4.94. The van der Waals surface area contributed by atoms with Crippen molar-refractivity contribution in [2.24, 2.45) is 0 Å². The van der Waals surface area contributed by atoms with Crippen molar-refractivity contribution in [3.05, 3.63) is 75.9 Å². The molecule has 27 heavy (non-hydrogen) atoms. The van der Waals surface area contributed by atoms with E-state index in [4.69, 9.17) is 0 Å². The number of halogens is 1. The van der Waals surface area contributed by atoms with Gasteiger partial charge >= 0.3 is 0 Å². The maximum atomic E-state index is 11.1. The predicted octanol–water partition coefficient (Wildman–Crippen LogP) is 5.74. The molecule has 4 rings (SSSR count). The number of non-ortho nitro benzene ring substituents is 1. The second-order valence-electron chi connectivity index (χ2n) is 5.85. The molecule has 0 fully saturated rings. The number of nitro groups is 1. The maximum absolute atomic E-state index is 11.1. The Kier molecular flexibility index (Phi) is 5.34. The van der Waals surface area contributed by atoms with Gasteiger partial charge in [0.25, 0.3) is 5.69 Å². The van der Waals surface area contributed by atoms with E-state index in [0.717, 1.165) is 27.0 Å². The summed E-state index contributed by atoms with van der Waals surface area (Å²) in [5, 5.41) is 17.2. The third kappa shape index (κ3) is 3.74. The van der Waals surface area contributed by atoms with Gasteiger partial charge in [-0.05, 0) is 24.6 Å². The first-order valence-electron chi connectivity index (χ1n) is 7.92. The lowest BCUT2D eigenvalue weighted by molar-refractivity contribution is -0.384. The number of aryl methyl sites for hydroxylation is 1. The Morgan fingerprint density at radius 2 is 1.89 bits per heavy atom. The van der Waals surface area contributed by atoms with Gasteiger partial charge in [-0.3, -0.25) is 10.1 Å². The molecule has 2 heterocycles. The molecule has 0 atom stereocenters. The van der Waals surface area contributed by atoms with Crippen LogP contribution in [0.25, 0.3) is 21.3 Å². The first kappa shape index (κ1) is 18.8. The number of hydrogen-bond donors (Lipinski definition) is 1. The normalized spacial score (nSPS) is 10.4. The van der Waals surface area contributed by atoms with Crippen LogP contribution < -0.4 is 5.32 Å². The van der Waals surface area contributed by atoms with Crippen molar-refractivity contribution in [3.63, 3.8) is 0 Å². The van der Waals surface area contributed by atoms with Gasteiger partial charge < -0.3 is 5.32 Å². The fraction of sp³-hybridized carbons (Fsp3) is 0.0526. The molecule has 8 heteroatoms. The molecule has 0 unspecified atom stereocenters. The van der Waals surface area contributed by atoms with Crippen molar-refractivity contribution < 1.29 is 4.92 Å². The molecule has 1 N–H and O–H groups in total. The number of nitrogens with zero attached hydrogens (tertiary/aromatic N) is 3. The Morgan fingerprint density at radius 3 is 2.63 bits per heavy atom. The van der Waals surface area contributed by atoms with Gasteiger partial charge in [0, 0.05) is 28.8 Å². The molecule has 0 bridgehead atoms. The number of hydrogen-bond acceptors (Lipinski definition) is 6. The highest BCUT2D eigenvalue weighted by atomic mass is 35.5. The van der Waals surface area contributed by atoms with Crippen LogP contribution in [0.3, 0.4) is 0 Å². The zero-order valence-electron chi connectivity index (χ0n) is 14.2. The zero-order valence-corrected chi connectivity index (χ0v) is 15.9. The summed E-state index contributed by atoms with van der Waals surface area (Å²) in [6.45, 7) is 2.03. The van der Waals surface area contributed by atoms with Crippen LogP contribution in [0.15, 0.2) is 60.2 Å². The van der Waals surface area contributed by atoms with E-state index in [9.17, 15) is 10.1 Å². The third-order valence-electron chi connectivity index (χ3n) is 4.05. The van der Waals surface area contributed by atoms with Crippen LogP contribution in [0.5, 0.6) is 0 Å². The van der Waals surface area contributed by atoms with Crippen molar-refractivity contribution in [1.82, 2.24) is 9.97 Å². The van der Waals surface area contributed by atoms with Crippen LogP contribution in [0.1, 0.15) is 5.56 Å². The van der Waals surface area contributed by atoms with Gasteiger partial charge in [-0.1, -0.05) is 29.8 Å². The number of benzene rings is 2. The average Bonchev–Trinajstić information content (AvgIpc) is 3.09. The van der Waals surface area contributed by atoms with Gasteiger partial charge in [-0.25, -0.2) is 9.97 Å². The average molecular weight is 399 g/mol. The van der Waals surface area contributed by atoms with Gasteiger partial charge in [0.2, 0.25) is 0 Å². The Bertz CT molecular complexity index is 1110. The summed E-state index contributed by atoms with van der Waals surface area (Å²) in [5.74, 6) is 0.682. The summed E-state index contributed by atoms with van der Waals surface area (Å²) in [7, 11) is 0. The van der Waals surface area contributed by atoms with Crippen molar-refractivity contribution in [2.45, 2.75) is 6.92 Å². The van der Waals surface area contributed by atoms with Crippen molar-refractivity contribution >= 4 is 51.2 Å². The molecule has 0 saturated heterocycles. The molecule has 2 aromatic heterocycles. The Balaban J connectivity index is 0.00000210. The van der Waals surface area contributed by atoms with Crippen LogP contribution in [0.2, 0.25) is 0 Å². The van der Waals surface area contributed by atoms with Gasteiger partial charge in [0.1, 0.15) is 17.0 Å². The lowest BCUT2D eigenvalue weighted by Gasteiger charge is -2.09. The molecule has 0 amide bonds. The van der Waals surface area contributed by atoms with Gasteiger partial charge in [-0.2, -0.15) is 0 Å². The highest BCUT2D eigenvalue weighted by Crippen LogP contribution is 2.38. The molecule has 0 radical (unpaired) electrons. The Hall–Kier alpha value is -3.03. The van der Waals surface area contributed by atoms with Crippen molar-refractivity contribution in [1.29, 1.82) is 0 Å². The monoisotopic (exact) mass is 398 g/mol. The SMILES string of the molecule is Cc1ccc(Nc2ncnc3scc(-c4cccc([N+](=O)[O-])c4)c23)cc1.Cl. The molecule has 4 aromatic rings. The molecule has 0 saturated carbocycles. The molecule has 136 valence electrons. The number of aromatic nitrogens is 2. The molecule has 2 aromatic carbocycles. The van der Waals surface area contributed by atoms with Gasteiger partial charge in [-0.15, -0.1) is 23.7 Å². The molecule has 0 aliphatic rings. The van der Waals surface area contributed by atoms with Crippen molar-refractivity contribution in [2.75, 3.05) is 5.32 Å². The summed E-state index contributed by atoms with van der Waals surface area (Å²) in [6, 6.07) is 14.6. The quantitative estimate of drug-likeness (QED) is 0.350. The Morgan fingerprint density at radius 1 is 1.11 bits per heavy atom. The molecule has 6 nitrogen and oxygen atoms in total. The highest BCUT2D eigenvalue weighted by molar-refractivity contribution is 7.17. The van der Waals surface area contributed by atoms with E-state index in [-0.39, 0.29) is 23.0 Å². The van der Waals surface area contributed by atoms with E-state index in [0.29, 0.717) is 5.82 Å². The van der Waals surface area contributed by atoms with E-state index in [1.165, 1.54) is 29.3 Å². The summed E-state index contributed by atoms with van der Waals surface area (Å²) < 4.78 is 0. The molecular weight excluding hydrogens is 384 g/mol. The summed E-state index contributed by atoms with van der Waals surface area (Å²) in [6.07, 6.45) is 1.52. The molecule has 0 aliphatic carbocycles.